The van der Waals surface area contributed by atoms with Crippen LogP contribution in [0.1, 0.15) is 33.6 Å². The van der Waals surface area contributed by atoms with Crippen LogP contribution in [0, 0.1) is 11.8 Å². The fraction of sp³-hybridized carbons (Fsp3) is 0.846. The van der Waals surface area contributed by atoms with Gasteiger partial charge in [0.1, 0.15) is 0 Å². The fourth-order valence-electron chi connectivity index (χ4n) is 3.05. The van der Waals surface area contributed by atoms with Gasteiger partial charge >= 0.3 is 5.69 Å². The molecular weight excluding hydrogens is 260 g/mol. The standard InChI is InChI=1S/C13H24N4OS/c1-5-14-10-7-8(2)6-9(3)11(10)19-13-16-15-12(18)17(13)4/h8-11,14H,5-7H2,1-4H3,(H,15,18). The van der Waals surface area contributed by atoms with Crippen LogP contribution in [0.2, 0.25) is 0 Å². The molecule has 0 radical (unpaired) electrons. The fourth-order valence-corrected chi connectivity index (χ4v) is 4.35. The van der Waals surface area contributed by atoms with Gasteiger partial charge < -0.3 is 5.32 Å². The van der Waals surface area contributed by atoms with E-state index in [-0.39, 0.29) is 5.69 Å². The number of thioether (sulfide) groups is 1. The average molecular weight is 284 g/mol. The van der Waals surface area contributed by atoms with Crippen molar-refractivity contribution >= 4 is 11.8 Å². The maximum Gasteiger partial charge on any atom is 0.343 e. The Morgan fingerprint density at radius 2 is 2.21 bits per heavy atom. The van der Waals surface area contributed by atoms with Gasteiger partial charge in [-0.1, -0.05) is 32.5 Å². The first-order valence-corrected chi connectivity index (χ1v) is 7.92. The van der Waals surface area contributed by atoms with Gasteiger partial charge in [-0.3, -0.25) is 4.57 Å². The van der Waals surface area contributed by atoms with E-state index in [0.29, 0.717) is 17.2 Å². The van der Waals surface area contributed by atoms with Crippen LogP contribution in [0.3, 0.4) is 0 Å². The van der Waals surface area contributed by atoms with E-state index < -0.39 is 0 Å². The first-order valence-electron chi connectivity index (χ1n) is 7.04. The van der Waals surface area contributed by atoms with Crippen LogP contribution in [0.15, 0.2) is 9.95 Å². The SMILES string of the molecule is CCNC1CC(C)CC(C)C1Sc1n[nH]c(=O)n1C. The first kappa shape index (κ1) is 14.7. The smallest absolute Gasteiger partial charge is 0.313 e. The van der Waals surface area contributed by atoms with E-state index in [1.807, 2.05) is 0 Å². The van der Waals surface area contributed by atoms with Crippen LogP contribution in [0.25, 0.3) is 0 Å². The van der Waals surface area contributed by atoms with E-state index in [1.165, 1.54) is 12.8 Å². The number of aromatic nitrogens is 3. The number of rotatable bonds is 4. The van der Waals surface area contributed by atoms with E-state index in [9.17, 15) is 4.79 Å². The Hall–Kier alpha value is -0.750. The van der Waals surface area contributed by atoms with Gasteiger partial charge in [-0.25, -0.2) is 9.89 Å². The van der Waals surface area contributed by atoms with Crippen LogP contribution in [-0.2, 0) is 7.05 Å². The number of nitrogens with zero attached hydrogens (tertiary/aromatic N) is 2. The second-order valence-electron chi connectivity index (χ2n) is 5.67. The minimum Gasteiger partial charge on any atom is -0.313 e. The quantitative estimate of drug-likeness (QED) is 0.882. The summed E-state index contributed by atoms with van der Waals surface area (Å²) in [5.74, 6) is 1.39. The molecular formula is C13H24N4OS. The Labute approximate surface area is 118 Å². The Bertz CT molecular complexity index is 469. The van der Waals surface area contributed by atoms with Crippen molar-refractivity contribution in [1.29, 1.82) is 0 Å². The van der Waals surface area contributed by atoms with Crippen LogP contribution in [0.4, 0.5) is 0 Å². The highest BCUT2D eigenvalue weighted by molar-refractivity contribution is 7.99. The van der Waals surface area contributed by atoms with Gasteiger partial charge in [0.25, 0.3) is 0 Å². The van der Waals surface area contributed by atoms with Crippen LogP contribution in [0.5, 0.6) is 0 Å². The van der Waals surface area contributed by atoms with Crippen molar-refractivity contribution in [3.63, 3.8) is 0 Å². The molecule has 1 heterocycles. The van der Waals surface area contributed by atoms with Gasteiger partial charge in [-0.05, 0) is 31.2 Å². The Balaban J connectivity index is 2.15. The maximum atomic E-state index is 11.4. The van der Waals surface area contributed by atoms with Crippen LogP contribution in [-0.4, -0.2) is 32.6 Å². The molecule has 1 aromatic heterocycles. The number of H-pyrrole nitrogens is 1. The second-order valence-corrected chi connectivity index (χ2v) is 6.82. The molecule has 4 atom stereocenters. The summed E-state index contributed by atoms with van der Waals surface area (Å²) in [6.45, 7) is 7.77. The van der Waals surface area contributed by atoms with Gasteiger partial charge in [-0.15, -0.1) is 5.10 Å². The third-order valence-electron chi connectivity index (χ3n) is 3.93. The van der Waals surface area contributed by atoms with Gasteiger partial charge in [0.05, 0.1) is 0 Å². The van der Waals surface area contributed by atoms with E-state index >= 15 is 0 Å². The summed E-state index contributed by atoms with van der Waals surface area (Å²) in [4.78, 5) is 11.4. The number of aromatic amines is 1. The lowest BCUT2D eigenvalue weighted by Crippen LogP contribution is -2.46. The molecule has 2 rings (SSSR count). The van der Waals surface area contributed by atoms with Gasteiger partial charge in [0, 0.05) is 18.3 Å². The molecule has 0 saturated heterocycles. The third-order valence-corrected chi connectivity index (χ3v) is 5.58. The van der Waals surface area contributed by atoms with Crippen molar-refractivity contribution in [3.8, 4) is 0 Å². The molecule has 1 aromatic rings. The molecule has 5 nitrogen and oxygen atoms in total. The van der Waals surface area contributed by atoms with Crippen molar-refractivity contribution in [2.75, 3.05) is 6.54 Å². The van der Waals surface area contributed by atoms with Gasteiger partial charge in [0.2, 0.25) is 0 Å². The molecule has 0 aromatic carbocycles. The maximum absolute atomic E-state index is 11.4. The predicted octanol–water partition coefficient (Wildman–Crippen LogP) is 1.61. The second kappa shape index (κ2) is 6.13. The Morgan fingerprint density at radius 3 is 2.79 bits per heavy atom. The molecule has 6 heteroatoms. The van der Waals surface area contributed by atoms with Crippen molar-refractivity contribution in [2.24, 2.45) is 18.9 Å². The molecule has 0 bridgehead atoms. The number of nitrogens with one attached hydrogen (secondary N) is 2. The molecule has 0 amide bonds. The predicted molar refractivity (Wildman–Crippen MR) is 78.5 cm³/mol. The highest BCUT2D eigenvalue weighted by Crippen LogP contribution is 2.38. The third kappa shape index (κ3) is 3.23. The minimum absolute atomic E-state index is 0.140. The molecule has 2 N–H and O–H groups in total. The Morgan fingerprint density at radius 1 is 1.47 bits per heavy atom. The zero-order valence-electron chi connectivity index (χ0n) is 12.1. The Kier molecular flexibility index (Phi) is 4.73. The molecule has 4 unspecified atom stereocenters. The topological polar surface area (TPSA) is 62.7 Å². The average Bonchev–Trinajstić information content (AvgIpc) is 2.65. The summed E-state index contributed by atoms with van der Waals surface area (Å²) in [7, 11) is 1.77. The lowest BCUT2D eigenvalue weighted by Gasteiger charge is -2.39. The van der Waals surface area contributed by atoms with Gasteiger partial charge in [0.15, 0.2) is 5.16 Å². The molecule has 1 saturated carbocycles. The minimum atomic E-state index is -0.140. The molecule has 0 aliphatic heterocycles. The van der Waals surface area contributed by atoms with Gasteiger partial charge in [-0.2, -0.15) is 0 Å². The van der Waals surface area contributed by atoms with Crippen molar-refractivity contribution < 1.29 is 0 Å². The molecule has 19 heavy (non-hydrogen) atoms. The summed E-state index contributed by atoms with van der Waals surface area (Å²) in [5.41, 5.74) is -0.140. The largest absolute Gasteiger partial charge is 0.343 e. The zero-order chi connectivity index (χ0) is 14.0. The van der Waals surface area contributed by atoms with Crippen LogP contribution >= 0.6 is 11.8 Å². The van der Waals surface area contributed by atoms with E-state index in [2.05, 4.69) is 36.3 Å². The van der Waals surface area contributed by atoms with E-state index in [1.54, 1.807) is 23.4 Å². The van der Waals surface area contributed by atoms with Crippen LogP contribution < -0.4 is 11.0 Å². The summed E-state index contributed by atoms with van der Waals surface area (Å²) < 4.78 is 1.60. The molecule has 108 valence electrons. The summed E-state index contributed by atoms with van der Waals surface area (Å²) in [6.07, 6.45) is 2.45. The van der Waals surface area contributed by atoms with E-state index in [0.717, 1.165) is 17.6 Å². The van der Waals surface area contributed by atoms with E-state index in [4.69, 9.17) is 0 Å². The first-order chi connectivity index (χ1) is 9.02. The highest BCUT2D eigenvalue weighted by Gasteiger charge is 2.35. The lowest BCUT2D eigenvalue weighted by molar-refractivity contribution is 0.251. The molecule has 1 fully saturated rings. The molecule has 1 aliphatic carbocycles. The monoisotopic (exact) mass is 284 g/mol. The van der Waals surface area contributed by atoms with Crippen molar-refractivity contribution in [2.45, 2.75) is 50.1 Å². The lowest BCUT2D eigenvalue weighted by atomic mass is 9.80. The molecule has 1 aliphatic rings. The summed E-state index contributed by atoms with van der Waals surface area (Å²) in [5, 5.41) is 11.5. The summed E-state index contributed by atoms with van der Waals surface area (Å²) >= 11 is 1.73. The van der Waals surface area contributed by atoms with Crippen molar-refractivity contribution in [1.82, 2.24) is 20.1 Å². The number of hydrogen-bond acceptors (Lipinski definition) is 4. The van der Waals surface area contributed by atoms with Crippen molar-refractivity contribution in [3.05, 3.63) is 10.5 Å². The normalized spacial score (nSPS) is 31.6. The zero-order valence-corrected chi connectivity index (χ0v) is 13.0. The number of hydrogen-bond donors (Lipinski definition) is 2. The molecule has 0 spiro atoms. The highest BCUT2D eigenvalue weighted by atomic mass is 32.2. The summed E-state index contributed by atoms with van der Waals surface area (Å²) in [6, 6.07) is 0.501.